The molecule has 0 saturated carbocycles. The summed E-state index contributed by atoms with van der Waals surface area (Å²) in [6.07, 6.45) is 0.165. The molecule has 1 aromatic heterocycles. The second kappa shape index (κ2) is 5.81. The van der Waals surface area contributed by atoms with E-state index in [1.54, 1.807) is 24.3 Å². The van der Waals surface area contributed by atoms with Crippen molar-refractivity contribution in [2.75, 3.05) is 5.32 Å². The van der Waals surface area contributed by atoms with Gasteiger partial charge in [0.15, 0.2) is 5.58 Å². The Bertz CT molecular complexity index is 838. The number of carbonyl (C=O) groups excluding carboxylic acids is 1. The van der Waals surface area contributed by atoms with Gasteiger partial charge >= 0.3 is 0 Å². The highest BCUT2D eigenvalue weighted by molar-refractivity contribution is 6.30. The average molecular weight is 315 g/mol. The summed E-state index contributed by atoms with van der Waals surface area (Å²) in [4.78, 5) is 12.2. The van der Waals surface area contributed by atoms with Crippen molar-refractivity contribution in [3.63, 3.8) is 0 Å². The SMILES string of the molecule is Cc1cc(C)c2onc(CC(=O)Nc3ccc(Cl)cc3)c2c1. The molecule has 3 aromatic rings. The van der Waals surface area contributed by atoms with E-state index in [9.17, 15) is 4.79 Å². The van der Waals surface area contributed by atoms with Gasteiger partial charge in [-0.15, -0.1) is 0 Å². The van der Waals surface area contributed by atoms with Gasteiger partial charge in [-0.2, -0.15) is 0 Å². The number of amides is 1. The number of anilines is 1. The van der Waals surface area contributed by atoms with Gasteiger partial charge in [0.25, 0.3) is 0 Å². The van der Waals surface area contributed by atoms with Crippen LogP contribution in [0, 0.1) is 13.8 Å². The third-order valence-electron chi connectivity index (χ3n) is 3.43. The fourth-order valence-electron chi connectivity index (χ4n) is 2.46. The quantitative estimate of drug-likeness (QED) is 0.785. The molecule has 0 saturated heterocycles. The molecule has 0 atom stereocenters. The number of benzene rings is 2. The van der Waals surface area contributed by atoms with Crippen LogP contribution in [0.3, 0.4) is 0 Å². The largest absolute Gasteiger partial charge is 0.356 e. The van der Waals surface area contributed by atoms with E-state index in [2.05, 4.69) is 10.5 Å². The van der Waals surface area contributed by atoms with Crippen LogP contribution in [0.4, 0.5) is 5.69 Å². The van der Waals surface area contributed by atoms with Crippen LogP contribution in [0.5, 0.6) is 0 Å². The fourth-order valence-corrected chi connectivity index (χ4v) is 2.58. The van der Waals surface area contributed by atoms with Gasteiger partial charge in [0.2, 0.25) is 5.91 Å². The van der Waals surface area contributed by atoms with Gasteiger partial charge in [0.05, 0.1) is 6.42 Å². The van der Waals surface area contributed by atoms with Crippen LogP contribution < -0.4 is 5.32 Å². The van der Waals surface area contributed by atoms with Gasteiger partial charge in [-0.05, 0) is 55.3 Å². The standard InChI is InChI=1S/C17H15ClN2O2/c1-10-7-11(2)17-14(8-10)15(20-22-17)9-16(21)19-13-5-3-12(18)4-6-13/h3-8H,9H2,1-2H3,(H,19,21). The Labute approximate surface area is 133 Å². The lowest BCUT2D eigenvalue weighted by Gasteiger charge is -2.04. The Hall–Kier alpha value is -2.33. The molecule has 1 heterocycles. The lowest BCUT2D eigenvalue weighted by atomic mass is 10.1. The number of rotatable bonds is 3. The van der Waals surface area contributed by atoms with Crippen molar-refractivity contribution < 1.29 is 9.32 Å². The summed E-state index contributed by atoms with van der Waals surface area (Å²) in [7, 11) is 0. The molecule has 5 heteroatoms. The Morgan fingerprint density at radius 2 is 1.95 bits per heavy atom. The number of aromatic nitrogens is 1. The smallest absolute Gasteiger partial charge is 0.230 e. The molecule has 0 spiro atoms. The molecule has 1 amide bonds. The second-order valence-corrected chi connectivity index (χ2v) is 5.76. The summed E-state index contributed by atoms with van der Waals surface area (Å²) in [6, 6.07) is 11.0. The van der Waals surface area contributed by atoms with Crippen LogP contribution in [0.2, 0.25) is 5.02 Å². The summed E-state index contributed by atoms with van der Waals surface area (Å²) < 4.78 is 5.35. The van der Waals surface area contributed by atoms with E-state index in [-0.39, 0.29) is 12.3 Å². The number of carbonyl (C=O) groups is 1. The van der Waals surface area contributed by atoms with Crippen molar-refractivity contribution in [3.05, 3.63) is 58.2 Å². The maximum Gasteiger partial charge on any atom is 0.230 e. The van der Waals surface area contributed by atoms with Crippen LogP contribution >= 0.6 is 11.6 Å². The maximum atomic E-state index is 12.2. The van der Waals surface area contributed by atoms with Crippen molar-refractivity contribution in [1.82, 2.24) is 5.16 Å². The highest BCUT2D eigenvalue weighted by Gasteiger charge is 2.14. The van der Waals surface area contributed by atoms with Gasteiger partial charge in [-0.25, -0.2) is 0 Å². The first kappa shape index (κ1) is 14.6. The van der Waals surface area contributed by atoms with Gasteiger partial charge in [-0.1, -0.05) is 22.8 Å². The summed E-state index contributed by atoms with van der Waals surface area (Å²) in [6.45, 7) is 3.98. The summed E-state index contributed by atoms with van der Waals surface area (Å²) in [5, 5.41) is 8.38. The number of aryl methyl sites for hydroxylation is 2. The van der Waals surface area contributed by atoms with E-state index in [1.807, 2.05) is 26.0 Å². The molecule has 0 aliphatic carbocycles. The zero-order valence-electron chi connectivity index (χ0n) is 12.3. The molecule has 1 N–H and O–H groups in total. The molecule has 4 nitrogen and oxygen atoms in total. The number of hydrogen-bond donors (Lipinski definition) is 1. The third kappa shape index (κ3) is 2.97. The number of fused-ring (bicyclic) bond motifs is 1. The highest BCUT2D eigenvalue weighted by atomic mass is 35.5. The minimum atomic E-state index is -0.142. The zero-order chi connectivity index (χ0) is 15.7. The third-order valence-corrected chi connectivity index (χ3v) is 3.68. The first-order chi connectivity index (χ1) is 10.5. The van der Waals surface area contributed by atoms with E-state index in [0.717, 1.165) is 22.1 Å². The van der Waals surface area contributed by atoms with Crippen molar-refractivity contribution in [2.24, 2.45) is 0 Å². The molecular weight excluding hydrogens is 300 g/mol. The molecule has 0 fully saturated rings. The van der Waals surface area contributed by atoms with E-state index < -0.39 is 0 Å². The Kier molecular flexibility index (Phi) is 3.86. The highest BCUT2D eigenvalue weighted by Crippen LogP contribution is 2.24. The van der Waals surface area contributed by atoms with Gasteiger partial charge in [-0.3, -0.25) is 4.79 Å². The van der Waals surface area contributed by atoms with E-state index in [0.29, 0.717) is 16.4 Å². The Morgan fingerprint density at radius 1 is 1.23 bits per heavy atom. The summed E-state index contributed by atoms with van der Waals surface area (Å²) in [5.74, 6) is -0.142. The van der Waals surface area contributed by atoms with Crippen LogP contribution in [0.15, 0.2) is 40.9 Å². The molecule has 0 bridgehead atoms. The molecular formula is C17H15ClN2O2. The van der Waals surface area contributed by atoms with Crippen molar-refractivity contribution in [3.8, 4) is 0 Å². The predicted molar refractivity (Wildman–Crippen MR) is 87.3 cm³/mol. The minimum Gasteiger partial charge on any atom is -0.356 e. The van der Waals surface area contributed by atoms with Crippen LogP contribution in [-0.2, 0) is 11.2 Å². The fraction of sp³-hybridized carbons (Fsp3) is 0.176. The van der Waals surface area contributed by atoms with Gasteiger partial charge < -0.3 is 9.84 Å². The molecule has 0 aliphatic rings. The number of nitrogens with zero attached hydrogens (tertiary/aromatic N) is 1. The molecule has 3 rings (SSSR count). The monoisotopic (exact) mass is 314 g/mol. The molecule has 112 valence electrons. The molecule has 22 heavy (non-hydrogen) atoms. The van der Waals surface area contributed by atoms with E-state index in [1.165, 1.54) is 0 Å². The summed E-state index contributed by atoms with van der Waals surface area (Å²) in [5.41, 5.74) is 4.22. The van der Waals surface area contributed by atoms with Crippen molar-refractivity contribution in [2.45, 2.75) is 20.3 Å². The predicted octanol–water partition coefficient (Wildman–Crippen LogP) is 4.28. The average Bonchev–Trinajstić information content (AvgIpc) is 2.85. The number of hydrogen-bond acceptors (Lipinski definition) is 3. The zero-order valence-corrected chi connectivity index (χ0v) is 13.1. The molecule has 0 aliphatic heterocycles. The lowest BCUT2D eigenvalue weighted by Crippen LogP contribution is -2.14. The van der Waals surface area contributed by atoms with Gasteiger partial charge in [0, 0.05) is 16.1 Å². The molecule has 0 radical (unpaired) electrons. The summed E-state index contributed by atoms with van der Waals surface area (Å²) >= 11 is 5.82. The first-order valence-corrected chi connectivity index (χ1v) is 7.31. The second-order valence-electron chi connectivity index (χ2n) is 5.32. The number of nitrogens with one attached hydrogen (secondary N) is 1. The first-order valence-electron chi connectivity index (χ1n) is 6.94. The van der Waals surface area contributed by atoms with Gasteiger partial charge in [0.1, 0.15) is 5.69 Å². The van der Waals surface area contributed by atoms with E-state index in [4.69, 9.17) is 16.1 Å². The number of halogens is 1. The maximum absolute atomic E-state index is 12.2. The van der Waals surface area contributed by atoms with Crippen LogP contribution in [-0.4, -0.2) is 11.1 Å². The molecule has 2 aromatic carbocycles. The van der Waals surface area contributed by atoms with Crippen molar-refractivity contribution >= 4 is 34.2 Å². The molecule has 0 unspecified atom stereocenters. The topological polar surface area (TPSA) is 55.1 Å². The lowest BCUT2D eigenvalue weighted by molar-refractivity contribution is -0.115. The Balaban J connectivity index is 1.81. The van der Waals surface area contributed by atoms with Crippen molar-refractivity contribution in [1.29, 1.82) is 0 Å². The minimum absolute atomic E-state index is 0.142. The Morgan fingerprint density at radius 3 is 2.68 bits per heavy atom. The normalized spacial score (nSPS) is 10.9. The van der Waals surface area contributed by atoms with E-state index >= 15 is 0 Å². The van der Waals surface area contributed by atoms with Crippen LogP contribution in [0.1, 0.15) is 16.8 Å². The van der Waals surface area contributed by atoms with Crippen LogP contribution in [0.25, 0.3) is 11.0 Å².